The van der Waals surface area contributed by atoms with E-state index in [1.807, 2.05) is 18.0 Å². The molecule has 0 radical (unpaired) electrons. The highest BCUT2D eigenvalue weighted by atomic mass is 16.5. The lowest BCUT2D eigenvalue weighted by atomic mass is 9.95. The summed E-state index contributed by atoms with van der Waals surface area (Å²) in [5.74, 6) is 0.367. The van der Waals surface area contributed by atoms with Gasteiger partial charge in [-0.2, -0.15) is 0 Å². The lowest BCUT2D eigenvalue weighted by molar-refractivity contribution is -0.117. The molecule has 0 atom stereocenters. The van der Waals surface area contributed by atoms with Gasteiger partial charge in [0, 0.05) is 51.0 Å². The van der Waals surface area contributed by atoms with Crippen molar-refractivity contribution in [1.29, 1.82) is 0 Å². The van der Waals surface area contributed by atoms with Gasteiger partial charge in [0.05, 0.1) is 24.4 Å². The zero-order valence-corrected chi connectivity index (χ0v) is 18.4. The second-order valence-electron chi connectivity index (χ2n) is 8.40. The largest absolute Gasteiger partial charge is 0.379 e. The highest BCUT2D eigenvalue weighted by Crippen LogP contribution is 2.27. The van der Waals surface area contributed by atoms with E-state index in [4.69, 9.17) is 15.5 Å². The van der Waals surface area contributed by atoms with Gasteiger partial charge in [-0.3, -0.25) is 14.7 Å². The second kappa shape index (κ2) is 9.49. The summed E-state index contributed by atoms with van der Waals surface area (Å²) in [4.78, 5) is 29.4. The predicted octanol–water partition coefficient (Wildman–Crippen LogP) is 2.24. The number of nitrogens with two attached hydrogens (primary N) is 1. The minimum atomic E-state index is -0.338. The maximum Gasteiger partial charge on any atom is 0.219 e. The van der Waals surface area contributed by atoms with E-state index in [9.17, 15) is 4.79 Å². The minimum absolute atomic E-state index is 0.0444. The second-order valence-corrected chi connectivity index (χ2v) is 8.40. The number of anilines is 1. The number of nitrogens with zero attached hydrogens (tertiary/aromatic N) is 5. The smallest absolute Gasteiger partial charge is 0.219 e. The van der Waals surface area contributed by atoms with E-state index in [1.165, 1.54) is 0 Å². The Labute approximate surface area is 178 Å². The molecule has 2 aromatic heterocycles. The summed E-state index contributed by atoms with van der Waals surface area (Å²) in [5, 5.41) is 0. The number of ether oxygens (including phenoxy) is 1. The Hall–Kier alpha value is -2.58. The first-order valence-corrected chi connectivity index (χ1v) is 10.4. The Morgan fingerprint density at radius 3 is 2.70 bits per heavy atom. The monoisotopic (exact) mass is 412 g/mol. The molecular weight excluding hydrogens is 380 g/mol. The lowest BCUT2D eigenvalue weighted by Crippen LogP contribution is -2.49. The number of allylic oxidation sites excluding steroid dienone is 1. The van der Waals surface area contributed by atoms with E-state index in [-0.39, 0.29) is 17.9 Å². The van der Waals surface area contributed by atoms with Crippen LogP contribution in [0, 0.1) is 0 Å². The van der Waals surface area contributed by atoms with Gasteiger partial charge in [-0.25, -0.2) is 9.97 Å². The third-order valence-electron chi connectivity index (χ3n) is 5.67. The molecule has 0 spiro atoms. The van der Waals surface area contributed by atoms with Crippen LogP contribution in [0.15, 0.2) is 24.5 Å². The quantitative estimate of drug-likeness (QED) is 0.710. The molecule has 2 aromatic rings. The van der Waals surface area contributed by atoms with Gasteiger partial charge in [0.15, 0.2) is 5.82 Å². The molecule has 8 heteroatoms. The molecule has 2 N–H and O–H groups in total. The van der Waals surface area contributed by atoms with Gasteiger partial charge < -0.3 is 15.4 Å². The van der Waals surface area contributed by atoms with Gasteiger partial charge in [-0.05, 0) is 38.8 Å². The molecule has 0 saturated carbocycles. The summed E-state index contributed by atoms with van der Waals surface area (Å²) in [5.41, 5.74) is 8.81. The van der Waals surface area contributed by atoms with Crippen LogP contribution >= 0.6 is 0 Å². The third kappa shape index (κ3) is 5.31. The average Bonchev–Trinajstić information content (AvgIpc) is 2.75. The van der Waals surface area contributed by atoms with Crippen molar-refractivity contribution in [2.24, 2.45) is 5.73 Å². The Morgan fingerprint density at radius 1 is 1.30 bits per heavy atom. The zero-order valence-electron chi connectivity index (χ0n) is 18.4. The van der Waals surface area contributed by atoms with E-state index in [0.29, 0.717) is 12.4 Å². The molecule has 30 heavy (non-hydrogen) atoms. The van der Waals surface area contributed by atoms with E-state index >= 15 is 0 Å². The van der Waals surface area contributed by atoms with Crippen LogP contribution in [0.3, 0.4) is 0 Å². The molecule has 1 aliphatic heterocycles. The van der Waals surface area contributed by atoms with E-state index in [0.717, 1.165) is 55.0 Å². The molecule has 162 valence electrons. The summed E-state index contributed by atoms with van der Waals surface area (Å²) in [6.45, 7) is 10.6. The summed E-state index contributed by atoms with van der Waals surface area (Å²) >= 11 is 0. The van der Waals surface area contributed by atoms with Crippen LogP contribution < -0.4 is 10.6 Å². The Kier molecular flexibility index (Phi) is 6.99. The number of hydrogen-bond donors (Lipinski definition) is 1. The first-order chi connectivity index (χ1) is 14.3. The standard InChI is InChI=1S/C22H32N6O2/c1-16(5-7-22(2,3)28-11-13-30-14-12-28)17-15-18-20(25-9-8-24-18)21(26-17)27(4)10-6-19(23)29/h5,8-9,15H,6-7,10-14H2,1-4H3,(H2,23,29)/b16-5+. The molecule has 0 bridgehead atoms. The van der Waals surface area contributed by atoms with Crippen LogP contribution in [0.4, 0.5) is 5.82 Å². The van der Waals surface area contributed by atoms with Crippen LogP contribution in [0.1, 0.15) is 39.3 Å². The summed E-state index contributed by atoms with van der Waals surface area (Å²) in [6, 6.07) is 1.97. The SMILES string of the molecule is C/C(=C\CC(C)(C)N1CCOCC1)c1cc2nccnc2c(N(C)CCC(N)=O)n1. The number of rotatable bonds is 8. The van der Waals surface area contributed by atoms with Crippen LogP contribution in [0.5, 0.6) is 0 Å². The fourth-order valence-electron chi connectivity index (χ4n) is 3.61. The number of carbonyl (C=O) groups is 1. The average molecular weight is 413 g/mol. The molecule has 3 heterocycles. The number of morpholine rings is 1. The Balaban J connectivity index is 1.87. The predicted molar refractivity (Wildman–Crippen MR) is 119 cm³/mol. The molecule has 0 aliphatic carbocycles. The lowest BCUT2D eigenvalue weighted by Gasteiger charge is -2.40. The number of pyridine rings is 1. The Morgan fingerprint density at radius 2 is 2.00 bits per heavy atom. The van der Waals surface area contributed by atoms with Crippen molar-refractivity contribution in [2.75, 3.05) is 44.8 Å². The first kappa shape index (κ1) is 22.1. The van der Waals surface area contributed by atoms with Gasteiger partial charge in [-0.15, -0.1) is 0 Å². The van der Waals surface area contributed by atoms with E-state index in [2.05, 4.69) is 41.7 Å². The fourth-order valence-corrected chi connectivity index (χ4v) is 3.61. The molecule has 1 saturated heterocycles. The van der Waals surface area contributed by atoms with Crippen molar-refractivity contribution >= 4 is 28.3 Å². The molecule has 1 amide bonds. The molecule has 8 nitrogen and oxygen atoms in total. The van der Waals surface area contributed by atoms with Crippen molar-refractivity contribution in [2.45, 2.75) is 39.2 Å². The molecule has 0 unspecified atom stereocenters. The zero-order chi connectivity index (χ0) is 21.7. The fraction of sp³-hybridized carbons (Fsp3) is 0.545. The molecule has 3 rings (SSSR count). The number of amides is 1. The number of hydrogen-bond acceptors (Lipinski definition) is 7. The highest BCUT2D eigenvalue weighted by Gasteiger charge is 2.27. The van der Waals surface area contributed by atoms with E-state index < -0.39 is 0 Å². The van der Waals surface area contributed by atoms with Crippen LogP contribution in [-0.2, 0) is 9.53 Å². The van der Waals surface area contributed by atoms with Crippen molar-refractivity contribution in [3.63, 3.8) is 0 Å². The maximum absolute atomic E-state index is 11.2. The summed E-state index contributed by atoms with van der Waals surface area (Å²) < 4.78 is 5.49. The molecule has 0 aromatic carbocycles. The Bertz CT molecular complexity index is 921. The van der Waals surface area contributed by atoms with Crippen molar-refractivity contribution in [1.82, 2.24) is 19.9 Å². The van der Waals surface area contributed by atoms with Gasteiger partial charge in [0.25, 0.3) is 0 Å². The van der Waals surface area contributed by atoms with Gasteiger partial charge in [0.2, 0.25) is 5.91 Å². The third-order valence-corrected chi connectivity index (χ3v) is 5.67. The van der Waals surface area contributed by atoms with Crippen LogP contribution in [-0.4, -0.2) is 71.2 Å². The molecule has 1 fully saturated rings. The number of fused-ring (bicyclic) bond motifs is 1. The molecule has 1 aliphatic rings. The van der Waals surface area contributed by atoms with Gasteiger partial charge in [0.1, 0.15) is 5.52 Å². The number of carbonyl (C=O) groups excluding carboxylic acids is 1. The minimum Gasteiger partial charge on any atom is -0.379 e. The maximum atomic E-state index is 11.2. The van der Waals surface area contributed by atoms with Gasteiger partial charge in [-0.1, -0.05) is 6.08 Å². The van der Waals surface area contributed by atoms with Gasteiger partial charge >= 0.3 is 0 Å². The highest BCUT2D eigenvalue weighted by molar-refractivity contribution is 5.88. The summed E-state index contributed by atoms with van der Waals surface area (Å²) in [6.07, 6.45) is 6.74. The van der Waals surface area contributed by atoms with E-state index in [1.54, 1.807) is 12.4 Å². The molecular formula is C22H32N6O2. The number of primary amides is 1. The van der Waals surface area contributed by atoms with Crippen molar-refractivity contribution in [3.05, 3.63) is 30.2 Å². The van der Waals surface area contributed by atoms with Crippen LogP contribution in [0.2, 0.25) is 0 Å². The summed E-state index contributed by atoms with van der Waals surface area (Å²) in [7, 11) is 1.89. The number of aromatic nitrogens is 3. The topological polar surface area (TPSA) is 97.5 Å². The van der Waals surface area contributed by atoms with Crippen LogP contribution in [0.25, 0.3) is 16.6 Å². The van der Waals surface area contributed by atoms with Crippen molar-refractivity contribution in [3.8, 4) is 0 Å². The van der Waals surface area contributed by atoms with Crippen molar-refractivity contribution < 1.29 is 9.53 Å². The normalized spacial score (nSPS) is 16.1. The first-order valence-electron chi connectivity index (χ1n) is 10.4.